The van der Waals surface area contributed by atoms with Crippen molar-refractivity contribution in [3.63, 3.8) is 0 Å². The van der Waals surface area contributed by atoms with Crippen molar-refractivity contribution in [1.82, 2.24) is 0 Å². The first kappa shape index (κ1) is 20.5. The molecule has 0 unspecified atom stereocenters. The monoisotopic (exact) mass is 319 g/mol. The molecule has 3 atom stereocenters. The summed E-state index contributed by atoms with van der Waals surface area (Å²) in [4.78, 5) is 23.4. The van der Waals surface area contributed by atoms with Crippen LogP contribution in [-0.4, -0.2) is 48.2 Å². The smallest absolute Gasteiger partial charge is 0.311 e. The van der Waals surface area contributed by atoms with Gasteiger partial charge in [-0.15, -0.1) is 0 Å². The number of rotatable bonds is 6. The molecule has 0 saturated heterocycles. The van der Waals surface area contributed by atoms with Crippen LogP contribution in [0.15, 0.2) is 0 Å². The third-order valence-corrected chi connectivity index (χ3v) is 2.71. The highest BCUT2D eigenvalue weighted by atomic mass is 19.1. The zero-order valence-corrected chi connectivity index (χ0v) is 14.0. The molecule has 0 radical (unpaired) electrons. The van der Waals surface area contributed by atoms with Gasteiger partial charge in [-0.25, -0.2) is 4.39 Å². The summed E-state index contributed by atoms with van der Waals surface area (Å²) in [5.74, 6) is -1.29. The van der Waals surface area contributed by atoms with Gasteiger partial charge in [-0.05, 0) is 41.5 Å². The van der Waals surface area contributed by atoms with Crippen LogP contribution in [0, 0.1) is 16.2 Å². The van der Waals surface area contributed by atoms with Gasteiger partial charge in [-0.2, -0.15) is 0 Å². The van der Waals surface area contributed by atoms with Crippen LogP contribution in [0.25, 0.3) is 0 Å². The van der Waals surface area contributed by atoms with Gasteiger partial charge in [0.25, 0.3) is 0 Å². The molecule has 0 aromatic heterocycles. The lowest BCUT2D eigenvalue weighted by Crippen LogP contribution is -2.45. The number of hydrogen-bond donors (Lipinski definition) is 2. The van der Waals surface area contributed by atoms with Gasteiger partial charge < -0.3 is 20.0 Å². The molecule has 0 saturated carbocycles. The first-order valence-electron chi connectivity index (χ1n) is 7.01. The molecule has 0 aliphatic rings. The topological polar surface area (TPSA) is 96.7 Å². The molecule has 0 aromatic carbocycles. The maximum absolute atomic E-state index is 13.7. The summed E-state index contributed by atoms with van der Waals surface area (Å²) >= 11 is 0. The molecule has 2 N–H and O–H groups in total. The summed E-state index contributed by atoms with van der Waals surface area (Å²) in [7, 11) is 0. The molecule has 0 aliphatic heterocycles. The van der Waals surface area contributed by atoms with E-state index in [9.17, 15) is 19.1 Å². The summed E-state index contributed by atoms with van der Waals surface area (Å²) in [5, 5.41) is 16.9. The minimum absolute atomic E-state index is 0.426. The van der Waals surface area contributed by atoms with Crippen molar-refractivity contribution in [3.8, 4) is 0 Å². The lowest BCUT2D eigenvalue weighted by atomic mass is 9.97. The van der Waals surface area contributed by atoms with Crippen LogP contribution in [0.4, 0.5) is 4.39 Å². The molecule has 128 valence electrons. The maximum atomic E-state index is 13.7. The van der Waals surface area contributed by atoms with Gasteiger partial charge in [0, 0.05) is 6.21 Å². The molecule has 0 fully saturated rings. The van der Waals surface area contributed by atoms with Gasteiger partial charge in [0.05, 0.1) is 10.8 Å². The van der Waals surface area contributed by atoms with Crippen LogP contribution < -0.4 is 0 Å². The average molecular weight is 319 g/mol. The average Bonchev–Trinajstić information content (AvgIpc) is 2.38. The van der Waals surface area contributed by atoms with Gasteiger partial charge in [-0.3, -0.25) is 9.59 Å². The number of aliphatic hydroxyl groups excluding tert-OH is 1. The molecule has 0 heterocycles. The largest absolute Gasteiger partial charge is 0.462 e. The zero-order valence-electron chi connectivity index (χ0n) is 14.0. The first-order chi connectivity index (χ1) is 9.80. The SMILES string of the molecule is CC(C)(C)C(=O)OC[C@@H](O)[C@@H](OC(=O)C(C)(C)C)[C@H](F)C=N. The molecule has 0 spiro atoms. The maximum Gasteiger partial charge on any atom is 0.311 e. The molecule has 0 rings (SSSR count). The molecule has 6 nitrogen and oxygen atoms in total. The highest BCUT2D eigenvalue weighted by molar-refractivity contribution is 5.76. The van der Waals surface area contributed by atoms with Crippen molar-refractivity contribution in [1.29, 1.82) is 5.41 Å². The predicted molar refractivity (Wildman–Crippen MR) is 79.4 cm³/mol. The molecule has 22 heavy (non-hydrogen) atoms. The van der Waals surface area contributed by atoms with E-state index in [1.807, 2.05) is 0 Å². The zero-order chi connectivity index (χ0) is 17.7. The Morgan fingerprint density at radius 2 is 1.59 bits per heavy atom. The van der Waals surface area contributed by atoms with E-state index in [-0.39, 0.29) is 0 Å². The van der Waals surface area contributed by atoms with E-state index in [4.69, 9.17) is 14.9 Å². The van der Waals surface area contributed by atoms with E-state index in [1.165, 1.54) is 0 Å². The summed E-state index contributed by atoms with van der Waals surface area (Å²) in [6.07, 6.45) is -4.73. The third kappa shape index (κ3) is 6.51. The highest BCUT2D eigenvalue weighted by Gasteiger charge is 2.36. The second-order valence-corrected chi connectivity index (χ2v) is 7.15. The summed E-state index contributed by atoms with van der Waals surface area (Å²) in [6.45, 7) is 9.12. The van der Waals surface area contributed by atoms with E-state index in [2.05, 4.69) is 0 Å². The lowest BCUT2D eigenvalue weighted by molar-refractivity contribution is -0.173. The van der Waals surface area contributed by atoms with E-state index in [1.54, 1.807) is 41.5 Å². The van der Waals surface area contributed by atoms with Crippen LogP contribution >= 0.6 is 0 Å². The predicted octanol–water partition coefficient (Wildman–Crippen LogP) is 1.88. The van der Waals surface area contributed by atoms with Gasteiger partial charge in [0.1, 0.15) is 12.7 Å². The fourth-order valence-corrected chi connectivity index (χ4v) is 1.22. The Bertz CT molecular complexity index is 411. The normalized spacial score (nSPS) is 16.4. The van der Waals surface area contributed by atoms with Crippen LogP contribution in [0.3, 0.4) is 0 Å². The molecular formula is C15H26FNO5. The van der Waals surface area contributed by atoms with Crippen molar-refractivity contribution < 1.29 is 28.6 Å². The second-order valence-electron chi connectivity index (χ2n) is 7.15. The minimum atomic E-state index is -1.99. The quantitative estimate of drug-likeness (QED) is 0.575. The Labute approximate surface area is 130 Å². The minimum Gasteiger partial charge on any atom is -0.462 e. The van der Waals surface area contributed by atoms with E-state index in [0.717, 1.165) is 0 Å². The van der Waals surface area contributed by atoms with Gasteiger partial charge >= 0.3 is 11.9 Å². The van der Waals surface area contributed by atoms with Crippen molar-refractivity contribution in [2.45, 2.75) is 59.9 Å². The fourth-order valence-electron chi connectivity index (χ4n) is 1.22. The third-order valence-electron chi connectivity index (χ3n) is 2.71. The Hall–Kier alpha value is -1.50. The first-order valence-corrected chi connectivity index (χ1v) is 7.01. The summed E-state index contributed by atoms with van der Waals surface area (Å²) in [5.41, 5.74) is -1.66. The number of halogens is 1. The Kier molecular flexibility index (Phi) is 7.15. The van der Waals surface area contributed by atoms with Gasteiger partial charge in [-0.1, -0.05) is 0 Å². The molecule has 0 amide bonds. The van der Waals surface area contributed by atoms with Crippen LogP contribution in [0.1, 0.15) is 41.5 Å². The Morgan fingerprint density at radius 1 is 1.14 bits per heavy atom. The highest BCUT2D eigenvalue weighted by Crippen LogP contribution is 2.20. The molecular weight excluding hydrogens is 293 g/mol. The van der Waals surface area contributed by atoms with Gasteiger partial charge in [0.2, 0.25) is 0 Å². The standard InChI is InChI=1S/C15H26FNO5/c1-14(2,3)12(19)21-8-10(18)11(9(16)7-17)22-13(20)15(4,5)6/h7,9-11,17-18H,8H2,1-6H3/t9-,10-,11+/m1/s1. The van der Waals surface area contributed by atoms with Crippen molar-refractivity contribution >= 4 is 18.2 Å². The van der Waals surface area contributed by atoms with E-state index >= 15 is 0 Å². The number of nitrogens with one attached hydrogen (secondary N) is 1. The number of carbonyl (C=O) groups is 2. The number of alkyl halides is 1. The number of carbonyl (C=O) groups excluding carboxylic acids is 2. The molecule has 0 aliphatic carbocycles. The van der Waals surface area contributed by atoms with Crippen molar-refractivity contribution in [3.05, 3.63) is 0 Å². The lowest BCUT2D eigenvalue weighted by Gasteiger charge is -2.28. The fraction of sp³-hybridized carbons (Fsp3) is 0.800. The van der Waals surface area contributed by atoms with E-state index in [0.29, 0.717) is 6.21 Å². The van der Waals surface area contributed by atoms with Gasteiger partial charge in [0.15, 0.2) is 12.3 Å². The van der Waals surface area contributed by atoms with Crippen LogP contribution in [-0.2, 0) is 19.1 Å². The Balaban J connectivity index is 4.87. The molecule has 0 bridgehead atoms. The van der Waals surface area contributed by atoms with Crippen molar-refractivity contribution in [2.75, 3.05) is 6.61 Å². The van der Waals surface area contributed by atoms with Crippen LogP contribution in [0.2, 0.25) is 0 Å². The number of aliphatic hydroxyl groups is 1. The van der Waals surface area contributed by atoms with Crippen LogP contribution in [0.5, 0.6) is 0 Å². The second kappa shape index (κ2) is 7.67. The molecule has 0 aromatic rings. The van der Waals surface area contributed by atoms with Crippen molar-refractivity contribution in [2.24, 2.45) is 10.8 Å². The molecule has 7 heteroatoms. The number of esters is 2. The Morgan fingerprint density at radius 3 is 1.95 bits per heavy atom. The number of hydrogen-bond acceptors (Lipinski definition) is 6. The van der Waals surface area contributed by atoms with E-state index < -0.39 is 47.8 Å². The summed E-state index contributed by atoms with van der Waals surface area (Å²) < 4.78 is 23.6. The number of ether oxygens (including phenoxy) is 2. The summed E-state index contributed by atoms with van der Waals surface area (Å²) in [6, 6.07) is 0.